The van der Waals surface area contributed by atoms with Crippen molar-refractivity contribution in [3.05, 3.63) is 58.9 Å². The van der Waals surface area contributed by atoms with E-state index in [2.05, 4.69) is 0 Å². The molecule has 1 saturated heterocycles. The maximum atomic E-state index is 13.2. The fraction of sp³-hybridized carbons (Fsp3) is 0.238. The SMILES string of the molecule is COc1cc(C2/C(=C(\O)c3ccc(F)cc3)C(=O)C(=O)N2C)cc(OC)c1OC. The number of benzene rings is 2. The van der Waals surface area contributed by atoms with E-state index in [1.54, 1.807) is 12.1 Å². The molecular weight excluding hydrogens is 381 g/mol. The van der Waals surface area contributed by atoms with Crippen LogP contribution in [0.1, 0.15) is 17.2 Å². The van der Waals surface area contributed by atoms with Crippen molar-refractivity contribution in [2.45, 2.75) is 6.04 Å². The van der Waals surface area contributed by atoms with Gasteiger partial charge in [-0.2, -0.15) is 0 Å². The van der Waals surface area contributed by atoms with Crippen LogP contribution in [0, 0.1) is 5.82 Å². The lowest BCUT2D eigenvalue weighted by Crippen LogP contribution is -2.25. The average molecular weight is 401 g/mol. The lowest BCUT2D eigenvalue weighted by atomic mass is 9.95. The number of aliphatic hydroxyl groups is 1. The minimum Gasteiger partial charge on any atom is -0.507 e. The van der Waals surface area contributed by atoms with Gasteiger partial charge >= 0.3 is 0 Å². The van der Waals surface area contributed by atoms with Crippen molar-refractivity contribution in [1.29, 1.82) is 0 Å². The number of methoxy groups -OCH3 is 3. The summed E-state index contributed by atoms with van der Waals surface area (Å²) in [7, 11) is 5.81. The molecule has 1 heterocycles. The summed E-state index contributed by atoms with van der Waals surface area (Å²) < 4.78 is 29.2. The molecule has 1 N–H and O–H groups in total. The monoisotopic (exact) mass is 401 g/mol. The summed E-state index contributed by atoms with van der Waals surface area (Å²) in [5, 5.41) is 10.8. The second kappa shape index (κ2) is 7.83. The van der Waals surface area contributed by atoms with E-state index in [0.717, 1.165) is 12.1 Å². The number of nitrogens with zero attached hydrogens (tertiary/aromatic N) is 1. The largest absolute Gasteiger partial charge is 0.507 e. The van der Waals surface area contributed by atoms with E-state index in [-0.39, 0.29) is 11.1 Å². The molecule has 1 aliphatic rings. The first-order valence-electron chi connectivity index (χ1n) is 8.64. The molecule has 2 aromatic carbocycles. The summed E-state index contributed by atoms with van der Waals surface area (Å²) in [5.74, 6) is -1.47. The molecule has 0 radical (unpaired) electrons. The third-order valence-electron chi connectivity index (χ3n) is 4.80. The molecule has 8 heteroatoms. The van der Waals surface area contributed by atoms with Gasteiger partial charge in [-0.3, -0.25) is 9.59 Å². The number of ether oxygens (including phenoxy) is 3. The Morgan fingerprint density at radius 3 is 2.03 bits per heavy atom. The number of halogens is 1. The van der Waals surface area contributed by atoms with E-state index in [1.807, 2.05) is 0 Å². The molecule has 0 aliphatic carbocycles. The van der Waals surface area contributed by atoms with Crippen molar-refractivity contribution < 1.29 is 33.3 Å². The Hall–Kier alpha value is -3.55. The van der Waals surface area contributed by atoms with Gasteiger partial charge in [0.25, 0.3) is 11.7 Å². The van der Waals surface area contributed by atoms with Gasteiger partial charge in [0.15, 0.2) is 11.5 Å². The van der Waals surface area contributed by atoms with Gasteiger partial charge in [-0.05, 0) is 42.0 Å². The van der Waals surface area contributed by atoms with Gasteiger partial charge in [-0.15, -0.1) is 0 Å². The molecule has 0 bridgehead atoms. The highest BCUT2D eigenvalue weighted by Gasteiger charge is 2.44. The van der Waals surface area contributed by atoms with Crippen molar-refractivity contribution in [2.24, 2.45) is 0 Å². The van der Waals surface area contributed by atoms with Crippen molar-refractivity contribution in [1.82, 2.24) is 4.90 Å². The smallest absolute Gasteiger partial charge is 0.295 e. The summed E-state index contributed by atoms with van der Waals surface area (Å²) in [6.45, 7) is 0. The fourth-order valence-corrected chi connectivity index (χ4v) is 3.36. The van der Waals surface area contributed by atoms with Crippen LogP contribution in [0.25, 0.3) is 5.76 Å². The lowest BCUT2D eigenvalue weighted by Gasteiger charge is -2.23. The molecule has 3 rings (SSSR count). The first-order chi connectivity index (χ1) is 13.8. The molecule has 152 valence electrons. The van der Waals surface area contributed by atoms with Crippen LogP contribution in [0.4, 0.5) is 4.39 Å². The predicted octanol–water partition coefficient (Wildman–Crippen LogP) is 2.90. The van der Waals surface area contributed by atoms with Gasteiger partial charge in [0.2, 0.25) is 5.75 Å². The third kappa shape index (κ3) is 3.37. The molecule has 1 unspecified atom stereocenters. The van der Waals surface area contributed by atoms with E-state index < -0.39 is 29.3 Å². The number of ketones is 1. The van der Waals surface area contributed by atoms with Gasteiger partial charge in [0, 0.05) is 12.6 Å². The van der Waals surface area contributed by atoms with E-state index in [1.165, 1.54) is 45.4 Å². The predicted molar refractivity (Wildman–Crippen MR) is 103 cm³/mol. The van der Waals surface area contributed by atoms with Crippen molar-refractivity contribution >= 4 is 17.4 Å². The molecule has 1 atom stereocenters. The number of carbonyl (C=O) groups excluding carboxylic acids is 2. The number of likely N-dealkylation sites (tertiary alicyclic amines) is 1. The summed E-state index contributed by atoms with van der Waals surface area (Å²) in [6.07, 6.45) is 0. The van der Waals surface area contributed by atoms with Crippen LogP contribution >= 0.6 is 0 Å². The quantitative estimate of drug-likeness (QED) is 0.471. The first kappa shape index (κ1) is 20.2. The van der Waals surface area contributed by atoms with Crippen LogP contribution in [-0.4, -0.2) is 50.1 Å². The van der Waals surface area contributed by atoms with Crippen LogP contribution in [0.2, 0.25) is 0 Å². The molecule has 2 aromatic rings. The molecular formula is C21H20FNO6. The van der Waals surface area contributed by atoms with Crippen molar-refractivity contribution in [3.63, 3.8) is 0 Å². The second-order valence-corrected chi connectivity index (χ2v) is 6.38. The molecule has 0 saturated carbocycles. The number of aliphatic hydroxyl groups excluding tert-OH is 1. The van der Waals surface area contributed by atoms with E-state index in [0.29, 0.717) is 22.8 Å². The van der Waals surface area contributed by atoms with Crippen LogP contribution in [0.3, 0.4) is 0 Å². The maximum Gasteiger partial charge on any atom is 0.295 e. The van der Waals surface area contributed by atoms with Gasteiger partial charge in [-0.1, -0.05) is 0 Å². The standard InChI is InChI=1S/C21H20FNO6/c1-23-17(12-9-14(27-2)20(29-4)15(10-12)28-3)16(19(25)21(23)26)18(24)11-5-7-13(22)8-6-11/h5-10,17,24H,1-4H3/b18-16+. The summed E-state index contributed by atoms with van der Waals surface area (Å²) in [4.78, 5) is 26.3. The Bertz CT molecular complexity index is 974. The van der Waals surface area contributed by atoms with E-state index in [9.17, 15) is 19.1 Å². The summed E-state index contributed by atoms with van der Waals surface area (Å²) in [5.41, 5.74) is 0.582. The zero-order valence-electron chi connectivity index (χ0n) is 16.4. The molecule has 1 fully saturated rings. The number of Topliss-reactive ketones (excluding diaryl/α,β-unsaturated/α-hetero) is 1. The Labute approximate surface area is 166 Å². The van der Waals surface area contributed by atoms with Crippen LogP contribution in [-0.2, 0) is 9.59 Å². The zero-order chi connectivity index (χ0) is 21.3. The van der Waals surface area contributed by atoms with Crippen LogP contribution < -0.4 is 14.2 Å². The van der Waals surface area contributed by atoms with Gasteiger partial charge in [-0.25, -0.2) is 4.39 Å². The number of carbonyl (C=O) groups is 2. The maximum absolute atomic E-state index is 13.2. The molecule has 0 aromatic heterocycles. The Morgan fingerprint density at radius 1 is 1.00 bits per heavy atom. The normalized spacial score (nSPS) is 18.1. The Morgan fingerprint density at radius 2 is 1.55 bits per heavy atom. The minimum atomic E-state index is -0.895. The fourth-order valence-electron chi connectivity index (χ4n) is 3.36. The molecule has 1 aliphatic heterocycles. The van der Waals surface area contributed by atoms with Crippen molar-refractivity contribution in [2.75, 3.05) is 28.4 Å². The molecule has 1 amide bonds. The third-order valence-corrected chi connectivity index (χ3v) is 4.80. The number of rotatable bonds is 5. The molecule has 7 nitrogen and oxygen atoms in total. The van der Waals surface area contributed by atoms with Crippen LogP contribution in [0.5, 0.6) is 17.2 Å². The second-order valence-electron chi connectivity index (χ2n) is 6.38. The summed E-state index contributed by atoms with van der Waals surface area (Å²) in [6, 6.07) is 7.30. The summed E-state index contributed by atoms with van der Waals surface area (Å²) >= 11 is 0. The highest BCUT2D eigenvalue weighted by molar-refractivity contribution is 6.46. The van der Waals surface area contributed by atoms with E-state index >= 15 is 0 Å². The van der Waals surface area contributed by atoms with Crippen LogP contribution in [0.15, 0.2) is 42.0 Å². The number of likely N-dealkylation sites (N-methyl/N-ethyl adjacent to an activating group) is 1. The Balaban J connectivity index is 2.23. The lowest BCUT2D eigenvalue weighted by molar-refractivity contribution is -0.139. The van der Waals surface area contributed by atoms with Gasteiger partial charge in [0.1, 0.15) is 11.6 Å². The topological polar surface area (TPSA) is 85.3 Å². The molecule has 0 spiro atoms. The number of hydrogen-bond donors (Lipinski definition) is 1. The minimum absolute atomic E-state index is 0.113. The average Bonchev–Trinajstić information content (AvgIpc) is 2.96. The van der Waals surface area contributed by atoms with Gasteiger partial charge < -0.3 is 24.2 Å². The molecule has 29 heavy (non-hydrogen) atoms. The number of amides is 1. The highest BCUT2D eigenvalue weighted by Crippen LogP contribution is 2.45. The first-order valence-corrected chi connectivity index (χ1v) is 8.64. The zero-order valence-corrected chi connectivity index (χ0v) is 16.4. The van der Waals surface area contributed by atoms with Crippen molar-refractivity contribution in [3.8, 4) is 17.2 Å². The Kier molecular flexibility index (Phi) is 5.45. The van der Waals surface area contributed by atoms with Gasteiger partial charge in [0.05, 0.1) is 32.9 Å². The van der Waals surface area contributed by atoms with E-state index in [4.69, 9.17) is 14.2 Å². The highest BCUT2D eigenvalue weighted by atomic mass is 19.1. The number of hydrogen-bond acceptors (Lipinski definition) is 6.